The fraction of sp³-hybridized carbons (Fsp3) is 0.713. The minimum atomic E-state index is -1.52. The standard InChI is InChI=1S/C80H137NO8/c1-6-8-10-12-14-16-18-20-22-24-26-28-30-31-32-33-34-35-36-37-38-39-40-41-42-43-44-45-46-47-49-51-53-55-57-59-61-63-65-67-69-71-78(83)89-76(75-88-80(79(84)85)86-73-72-81(3,4)5)74-87-77(82)70-68-66-64-62-60-58-56-54-52-50-48-29-27-25-23-21-19-17-15-13-11-9-7-2/h8-11,14-17,20-23,26-29,31-32,50,52,76,80H,6-7,12-13,18-19,24-25,30,33-49,51,53-75H2,1-5H3/p+1/b10-8-,11-9-,16-14-,17-15-,22-20-,23-21-,28-26-,29-27-,32-31-,52-50-. The Morgan fingerprint density at radius 1 is 0.337 bits per heavy atom. The van der Waals surface area contributed by atoms with Crippen LogP contribution in [0.2, 0.25) is 0 Å². The number of carbonyl (C=O) groups is 3. The topological polar surface area (TPSA) is 108 Å². The van der Waals surface area contributed by atoms with E-state index in [1.807, 2.05) is 21.1 Å². The highest BCUT2D eigenvalue weighted by Crippen LogP contribution is 2.18. The third-order valence-electron chi connectivity index (χ3n) is 15.7. The molecule has 0 aromatic rings. The zero-order chi connectivity index (χ0) is 64.7. The van der Waals surface area contributed by atoms with Crippen molar-refractivity contribution in [1.29, 1.82) is 0 Å². The van der Waals surface area contributed by atoms with Gasteiger partial charge in [-0.2, -0.15) is 0 Å². The second-order valence-electron chi connectivity index (χ2n) is 25.5. The molecule has 0 aromatic carbocycles. The molecule has 0 saturated heterocycles. The van der Waals surface area contributed by atoms with Gasteiger partial charge in [-0.1, -0.05) is 315 Å². The fourth-order valence-corrected chi connectivity index (χ4v) is 10.2. The van der Waals surface area contributed by atoms with Crippen molar-refractivity contribution in [2.24, 2.45) is 0 Å². The molecule has 0 amide bonds. The van der Waals surface area contributed by atoms with E-state index in [4.69, 9.17) is 18.9 Å². The molecule has 1 N–H and O–H groups in total. The molecule has 0 saturated carbocycles. The van der Waals surface area contributed by atoms with Crippen molar-refractivity contribution < 1.29 is 42.9 Å². The van der Waals surface area contributed by atoms with Gasteiger partial charge in [-0.05, 0) is 103 Å². The third-order valence-corrected chi connectivity index (χ3v) is 15.7. The number of unbranched alkanes of at least 4 members (excludes halogenated alkanes) is 32. The van der Waals surface area contributed by atoms with Crippen molar-refractivity contribution >= 4 is 17.9 Å². The Morgan fingerprint density at radius 3 is 0.899 bits per heavy atom. The number of rotatable bonds is 67. The molecule has 0 rings (SSSR count). The molecule has 2 atom stereocenters. The van der Waals surface area contributed by atoms with Crippen LogP contribution in [0, 0.1) is 0 Å². The lowest BCUT2D eigenvalue weighted by atomic mass is 10.0. The second-order valence-corrected chi connectivity index (χ2v) is 25.5. The van der Waals surface area contributed by atoms with Gasteiger partial charge in [0.05, 0.1) is 34.4 Å². The molecule has 0 radical (unpaired) electrons. The molecule has 0 aliphatic carbocycles. The minimum absolute atomic E-state index is 0.182. The Kier molecular flexibility index (Phi) is 66.2. The van der Waals surface area contributed by atoms with E-state index in [-0.39, 0.29) is 38.6 Å². The molecule has 2 unspecified atom stereocenters. The number of aliphatic carboxylic acids is 1. The van der Waals surface area contributed by atoms with E-state index >= 15 is 0 Å². The minimum Gasteiger partial charge on any atom is -0.477 e. The van der Waals surface area contributed by atoms with Crippen LogP contribution in [-0.2, 0) is 33.3 Å². The van der Waals surface area contributed by atoms with Crippen molar-refractivity contribution in [3.63, 3.8) is 0 Å². The maximum atomic E-state index is 13.0. The van der Waals surface area contributed by atoms with Gasteiger partial charge in [-0.15, -0.1) is 0 Å². The summed E-state index contributed by atoms with van der Waals surface area (Å²) >= 11 is 0. The molecule has 510 valence electrons. The van der Waals surface area contributed by atoms with E-state index in [1.54, 1.807) is 0 Å². The Hall–Kier alpha value is -4.31. The molecular formula is C80H138NO8+. The lowest BCUT2D eigenvalue weighted by Gasteiger charge is -2.25. The molecule has 0 fully saturated rings. The van der Waals surface area contributed by atoms with E-state index in [0.29, 0.717) is 11.0 Å². The van der Waals surface area contributed by atoms with Crippen molar-refractivity contribution in [1.82, 2.24) is 0 Å². The van der Waals surface area contributed by atoms with Gasteiger partial charge in [0.1, 0.15) is 13.2 Å². The fourth-order valence-electron chi connectivity index (χ4n) is 10.2. The first-order valence-electron chi connectivity index (χ1n) is 36.7. The number of ether oxygens (including phenoxy) is 4. The summed E-state index contributed by atoms with van der Waals surface area (Å²) in [6, 6.07) is 0. The number of hydrogen-bond donors (Lipinski definition) is 1. The predicted molar refractivity (Wildman–Crippen MR) is 382 cm³/mol. The summed E-state index contributed by atoms with van der Waals surface area (Å²) in [7, 11) is 5.97. The molecular weight excluding hydrogens is 1100 g/mol. The van der Waals surface area contributed by atoms with E-state index in [1.165, 1.54) is 167 Å². The third kappa shape index (κ3) is 71.0. The van der Waals surface area contributed by atoms with Gasteiger partial charge in [0.15, 0.2) is 6.10 Å². The zero-order valence-corrected chi connectivity index (χ0v) is 58.3. The monoisotopic (exact) mass is 1240 g/mol. The largest absolute Gasteiger partial charge is 0.477 e. The van der Waals surface area contributed by atoms with E-state index in [9.17, 15) is 19.5 Å². The number of esters is 2. The summed E-state index contributed by atoms with van der Waals surface area (Å²) in [5, 5.41) is 9.75. The first-order valence-corrected chi connectivity index (χ1v) is 36.7. The summed E-state index contributed by atoms with van der Waals surface area (Å²) in [4.78, 5) is 37.6. The van der Waals surface area contributed by atoms with Gasteiger partial charge in [-0.25, -0.2) is 4.79 Å². The molecule has 0 aromatic heterocycles. The smallest absolute Gasteiger partial charge is 0.361 e. The molecule has 89 heavy (non-hydrogen) atoms. The number of carboxylic acid groups (broad SMARTS) is 1. The highest BCUT2D eigenvalue weighted by Gasteiger charge is 2.25. The van der Waals surface area contributed by atoms with Gasteiger partial charge in [0.2, 0.25) is 0 Å². The number of nitrogens with zero attached hydrogens (tertiary/aromatic N) is 1. The molecule has 0 aliphatic heterocycles. The maximum absolute atomic E-state index is 13.0. The van der Waals surface area contributed by atoms with Gasteiger partial charge >= 0.3 is 17.9 Å². The van der Waals surface area contributed by atoms with Crippen molar-refractivity contribution in [2.75, 3.05) is 47.5 Å². The Bertz CT molecular complexity index is 1880. The van der Waals surface area contributed by atoms with Gasteiger partial charge in [-0.3, -0.25) is 9.59 Å². The first-order chi connectivity index (χ1) is 43.6. The molecule has 0 heterocycles. The zero-order valence-electron chi connectivity index (χ0n) is 58.3. The quantitative estimate of drug-likeness (QED) is 0.0211. The molecule has 9 heteroatoms. The van der Waals surface area contributed by atoms with E-state index < -0.39 is 24.3 Å². The van der Waals surface area contributed by atoms with Crippen molar-refractivity contribution in [3.05, 3.63) is 122 Å². The van der Waals surface area contributed by atoms with Crippen LogP contribution in [0.4, 0.5) is 0 Å². The first kappa shape index (κ1) is 84.7. The van der Waals surface area contributed by atoms with Crippen LogP contribution in [0.3, 0.4) is 0 Å². The van der Waals surface area contributed by atoms with Crippen LogP contribution < -0.4 is 0 Å². The number of hydrogen-bond acceptors (Lipinski definition) is 7. The van der Waals surface area contributed by atoms with Crippen molar-refractivity contribution in [3.8, 4) is 0 Å². The molecule has 0 bridgehead atoms. The average Bonchev–Trinajstić information content (AvgIpc) is 3.64. The average molecular weight is 1240 g/mol. The SMILES string of the molecule is CC/C=C\C/C=C\C/C=C\C/C=C\C/C=C\CCCCCCCCCCCCCCCCCCCCCCCCCCCC(=O)OC(COC(=O)CCCCCCCCC/C=C\C/C=C\C/C=C\C/C=C\C/C=C\CC)COC(OCC[N+](C)(C)C)C(=O)O. The van der Waals surface area contributed by atoms with Crippen LogP contribution in [0.15, 0.2) is 122 Å². The van der Waals surface area contributed by atoms with E-state index in [0.717, 1.165) is 116 Å². The van der Waals surface area contributed by atoms with Gasteiger partial charge in [0, 0.05) is 12.8 Å². The lowest BCUT2D eigenvalue weighted by Crippen LogP contribution is -2.40. The molecule has 0 spiro atoms. The highest BCUT2D eigenvalue weighted by atomic mass is 16.7. The summed E-state index contributed by atoms with van der Waals surface area (Å²) in [5.74, 6) is -2.01. The Balaban J connectivity index is 4.01. The summed E-state index contributed by atoms with van der Waals surface area (Å²) in [6.07, 6.45) is 96.2. The van der Waals surface area contributed by atoms with Crippen molar-refractivity contribution in [2.45, 2.75) is 322 Å². The predicted octanol–water partition coefficient (Wildman–Crippen LogP) is 23.1. The van der Waals surface area contributed by atoms with Crippen LogP contribution >= 0.6 is 0 Å². The van der Waals surface area contributed by atoms with Crippen LogP contribution in [0.25, 0.3) is 0 Å². The van der Waals surface area contributed by atoms with Crippen LogP contribution in [0.1, 0.15) is 309 Å². The normalized spacial score (nSPS) is 13.4. The van der Waals surface area contributed by atoms with Gasteiger partial charge in [0.25, 0.3) is 6.29 Å². The Labute approximate surface area is 548 Å². The number of quaternary nitrogens is 1. The summed E-state index contributed by atoms with van der Waals surface area (Å²) in [6.45, 7) is 4.66. The molecule has 0 aliphatic rings. The van der Waals surface area contributed by atoms with E-state index in [2.05, 4.69) is 135 Å². The Morgan fingerprint density at radius 2 is 0.607 bits per heavy atom. The highest BCUT2D eigenvalue weighted by molar-refractivity contribution is 5.71. The van der Waals surface area contributed by atoms with Crippen LogP contribution in [-0.4, -0.2) is 87.4 Å². The lowest BCUT2D eigenvalue weighted by molar-refractivity contribution is -0.870. The number of likely N-dealkylation sites (N-methyl/N-ethyl adjacent to an activating group) is 1. The van der Waals surface area contributed by atoms with Crippen LogP contribution in [0.5, 0.6) is 0 Å². The molecule has 9 nitrogen and oxygen atoms in total. The second kappa shape index (κ2) is 69.6. The summed E-state index contributed by atoms with van der Waals surface area (Å²) in [5.41, 5.74) is 0. The van der Waals surface area contributed by atoms with Gasteiger partial charge < -0.3 is 28.5 Å². The summed E-state index contributed by atoms with van der Waals surface area (Å²) < 4.78 is 23.0. The maximum Gasteiger partial charge on any atom is 0.361 e. The number of carboxylic acids is 1. The number of carbonyl (C=O) groups excluding carboxylic acids is 2. The number of allylic oxidation sites excluding steroid dienone is 20.